The summed E-state index contributed by atoms with van der Waals surface area (Å²) < 4.78 is 0. The fraction of sp³-hybridized carbons (Fsp3) is 0.385. The van der Waals surface area contributed by atoms with Crippen molar-refractivity contribution in [1.82, 2.24) is 4.90 Å². The predicted molar refractivity (Wildman–Crippen MR) is 67.4 cm³/mol. The molecule has 90 valence electrons. The van der Waals surface area contributed by atoms with E-state index in [2.05, 4.69) is 6.07 Å². The van der Waals surface area contributed by atoms with Crippen LogP contribution in [0.2, 0.25) is 0 Å². The van der Waals surface area contributed by atoms with E-state index in [9.17, 15) is 4.79 Å². The summed E-state index contributed by atoms with van der Waals surface area (Å²) in [5, 5.41) is 8.61. The molecule has 1 rings (SSSR count). The maximum atomic E-state index is 12.1. The lowest BCUT2D eigenvalue weighted by molar-refractivity contribution is 0.0746. The van der Waals surface area contributed by atoms with Crippen LogP contribution in [0.25, 0.3) is 0 Å². The van der Waals surface area contributed by atoms with Crippen LogP contribution in [0.3, 0.4) is 0 Å². The first-order valence-electron chi connectivity index (χ1n) is 5.47. The SMILES string of the molecule is Cc1ccc(C(=O)N(C)C(C)CC#N)cc1N. The highest BCUT2D eigenvalue weighted by molar-refractivity contribution is 5.95. The number of aryl methyl sites for hydroxylation is 1. The second-order valence-electron chi connectivity index (χ2n) is 4.20. The van der Waals surface area contributed by atoms with Crippen molar-refractivity contribution >= 4 is 11.6 Å². The Morgan fingerprint density at radius 3 is 2.76 bits per heavy atom. The molecule has 0 saturated heterocycles. The second kappa shape index (κ2) is 5.35. The highest BCUT2D eigenvalue weighted by atomic mass is 16.2. The maximum absolute atomic E-state index is 12.1. The van der Waals surface area contributed by atoms with Gasteiger partial charge in [-0.2, -0.15) is 5.26 Å². The number of nitrogens with zero attached hydrogens (tertiary/aromatic N) is 2. The predicted octanol–water partition coefficient (Wildman–Crippen LogP) is 1.95. The molecule has 0 aliphatic heterocycles. The molecule has 0 spiro atoms. The molecule has 0 fully saturated rings. The number of carbonyl (C=O) groups is 1. The van der Waals surface area contributed by atoms with E-state index < -0.39 is 0 Å². The van der Waals surface area contributed by atoms with Crippen LogP contribution in [-0.4, -0.2) is 23.9 Å². The number of anilines is 1. The van der Waals surface area contributed by atoms with Crippen LogP contribution in [-0.2, 0) is 0 Å². The van der Waals surface area contributed by atoms with Crippen LogP contribution < -0.4 is 5.73 Å². The summed E-state index contributed by atoms with van der Waals surface area (Å²) in [5.41, 5.74) is 7.89. The Balaban J connectivity index is 2.89. The molecule has 1 unspecified atom stereocenters. The lowest BCUT2D eigenvalue weighted by atomic mass is 10.1. The summed E-state index contributed by atoms with van der Waals surface area (Å²) in [6.45, 7) is 3.74. The molecule has 17 heavy (non-hydrogen) atoms. The first-order chi connectivity index (χ1) is 7.97. The number of hydrogen-bond donors (Lipinski definition) is 1. The van der Waals surface area contributed by atoms with Crippen LogP contribution >= 0.6 is 0 Å². The van der Waals surface area contributed by atoms with Gasteiger partial charge in [-0.3, -0.25) is 4.79 Å². The highest BCUT2D eigenvalue weighted by Gasteiger charge is 2.17. The van der Waals surface area contributed by atoms with Gasteiger partial charge in [0.1, 0.15) is 0 Å². The van der Waals surface area contributed by atoms with Crippen LogP contribution in [0.5, 0.6) is 0 Å². The molecule has 0 radical (unpaired) electrons. The third-order valence-electron chi connectivity index (χ3n) is 2.89. The Hall–Kier alpha value is -2.02. The summed E-state index contributed by atoms with van der Waals surface area (Å²) in [6.07, 6.45) is 0.323. The van der Waals surface area contributed by atoms with E-state index in [4.69, 9.17) is 11.0 Å². The van der Waals surface area contributed by atoms with Crippen molar-refractivity contribution in [2.75, 3.05) is 12.8 Å². The Morgan fingerprint density at radius 2 is 2.24 bits per heavy atom. The van der Waals surface area contributed by atoms with Gasteiger partial charge < -0.3 is 10.6 Å². The number of rotatable bonds is 3. The van der Waals surface area contributed by atoms with E-state index in [1.165, 1.54) is 0 Å². The molecule has 4 nitrogen and oxygen atoms in total. The average Bonchev–Trinajstić information content (AvgIpc) is 2.31. The van der Waals surface area contributed by atoms with Gasteiger partial charge >= 0.3 is 0 Å². The van der Waals surface area contributed by atoms with Gasteiger partial charge in [-0.15, -0.1) is 0 Å². The van der Waals surface area contributed by atoms with Gasteiger partial charge in [0.2, 0.25) is 0 Å². The number of nitrogen functional groups attached to an aromatic ring is 1. The summed E-state index contributed by atoms with van der Waals surface area (Å²) in [5.74, 6) is -0.112. The smallest absolute Gasteiger partial charge is 0.253 e. The van der Waals surface area contributed by atoms with Crippen molar-refractivity contribution in [2.45, 2.75) is 26.3 Å². The zero-order chi connectivity index (χ0) is 13.0. The first-order valence-corrected chi connectivity index (χ1v) is 5.47. The molecule has 4 heteroatoms. The van der Waals surface area contributed by atoms with Gasteiger partial charge in [0.15, 0.2) is 0 Å². The third kappa shape index (κ3) is 2.97. The number of carbonyl (C=O) groups excluding carboxylic acids is 1. The van der Waals surface area contributed by atoms with Crippen LogP contribution in [0.4, 0.5) is 5.69 Å². The van der Waals surface area contributed by atoms with Crippen LogP contribution in [0.15, 0.2) is 18.2 Å². The van der Waals surface area contributed by atoms with E-state index in [1.54, 1.807) is 24.1 Å². The molecule has 0 aromatic heterocycles. The number of amides is 1. The molecule has 1 aromatic rings. The van der Waals surface area contributed by atoms with Gasteiger partial charge in [0.05, 0.1) is 12.5 Å². The lowest BCUT2D eigenvalue weighted by Crippen LogP contribution is -2.34. The molecule has 0 heterocycles. The molecule has 0 bridgehead atoms. The molecule has 1 amide bonds. The van der Waals surface area contributed by atoms with Crippen molar-refractivity contribution in [3.8, 4) is 6.07 Å². The quantitative estimate of drug-likeness (QED) is 0.808. The van der Waals surface area contributed by atoms with Crippen molar-refractivity contribution in [3.05, 3.63) is 29.3 Å². The standard InChI is InChI=1S/C13H17N3O/c1-9-4-5-11(8-12(9)15)13(17)16(3)10(2)6-7-14/h4-5,8,10H,6,15H2,1-3H3. The Labute approximate surface area is 102 Å². The summed E-state index contributed by atoms with van der Waals surface area (Å²) >= 11 is 0. The molecule has 1 aromatic carbocycles. The van der Waals surface area contributed by atoms with Crippen LogP contribution in [0.1, 0.15) is 29.3 Å². The largest absolute Gasteiger partial charge is 0.398 e. The molecule has 0 aliphatic carbocycles. The fourth-order valence-corrected chi connectivity index (χ4v) is 1.45. The zero-order valence-electron chi connectivity index (χ0n) is 10.4. The minimum absolute atomic E-state index is 0.102. The maximum Gasteiger partial charge on any atom is 0.253 e. The molecular formula is C13H17N3O. The number of benzene rings is 1. The van der Waals surface area contributed by atoms with Crippen molar-refractivity contribution < 1.29 is 4.79 Å². The highest BCUT2D eigenvalue weighted by Crippen LogP contribution is 2.15. The summed E-state index contributed by atoms with van der Waals surface area (Å²) in [6, 6.07) is 7.21. The molecule has 0 aliphatic rings. The minimum atomic E-state index is -0.112. The molecule has 2 N–H and O–H groups in total. The zero-order valence-corrected chi connectivity index (χ0v) is 10.4. The normalized spacial score (nSPS) is 11.6. The topological polar surface area (TPSA) is 70.1 Å². The van der Waals surface area contributed by atoms with Crippen molar-refractivity contribution in [1.29, 1.82) is 5.26 Å². The van der Waals surface area contributed by atoms with E-state index in [0.717, 1.165) is 5.56 Å². The van der Waals surface area contributed by atoms with Crippen LogP contribution in [0, 0.1) is 18.3 Å². The van der Waals surface area contributed by atoms with Crippen molar-refractivity contribution in [2.24, 2.45) is 0 Å². The third-order valence-corrected chi connectivity index (χ3v) is 2.89. The monoisotopic (exact) mass is 231 g/mol. The van der Waals surface area contributed by atoms with Gasteiger partial charge in [-0.05, 0) is 31.5 Å². The Kier molecular flexibility index (Phi) is 4.11. The molecule has 1 atom stereocenters. The van der Waals surface area contributed by atoms with Gasteiger partial charge in [-0.1, -0.05) is 6.07 Å². The van der Waals surface area contributed by atoms with E-state index in [-0.39, 0.29) is 11.9 Å². The average molecular weight is 231 g/mol. The minimum Gasteiger partial charge on any atom is -0.398 e. The second-order valence-corrected chi connectivity index (χ2v) is 4.20. The summed E-state index contributed by atoms with van der Waals surface area (Å²) in [7, 11) is 1.69. The van der Waals surface area contributed by atoms with Gasteiger partial charge in [0, 0.05) is 24.3 Å². The van der Waals surface area contributed by atoms with Crippen molar-refractivity contribution in [3.63, 3.8) is 0 Å². The number of hydrogen-bond acceptors (Lipinski definition) is 3. The first kappa shape index (κ1) is 13.0. The Bertz CT molecular complexity index is 462. The summed E-state index contributed by atoms with van der Waals surface area (Å²) in [4.78, 5) is 13.6. The van der Waals surface area contributed by atoms with E-state index in [0.29, 0.717) is 17.7 Å². The lowest BCUT2D eigenvalue weighted by Gasteiger charge is -2.23. The Morgan fingerprint density at radius 1 is 1.59 bits per heavy atom. The number of nitriles is 1. The molecule has 0 saturated carbocycles. The fourth-order valence-electron chi connectivity index (χ4n) is 1.45. The van der Waals surface area contributed by atoms with Gasteiger partial charge in [0.25, 0.3) is 5.91 Å². The van der Waals surface area contributed by atoms with Gasteiger partial charge in [-0.25, -0.2) is 0 Å². The number of nitrogens with two attached hydrogens (primary N) is 1. The van der Waals surface area contributed by atoms with E-state index >= 15 is 0 Å². The van der Waals surface area contributed by atoms with E-state index in [1.807, 2.05) is 19.9 Å². The molecular weight excluding hydrogens is 214 g/mol.